The third-order valence-corrected chi connectivity index (χ3v) is 6.91. The molecular formula is C24H21BrN4O4S. The van der Waals surface area contributed by atoms with Gasteiger partial charge in [-0.3, -0.25) is 9.10 Å². The first-order chi connectivity index (χ1) is 16.3. The molecule has 8 nitrogen and oxygen atoms in total. The smallest absolute Gasteiger partial charge is 0.264 e. The molecule has 0 fully saturated rings. The van der Waals surface area contributed by atoms with Gasteiger partial charge in [0.2, 0.25) is 0 Å². The molecule has 0 spiro atoms. The van der Waals surface area contributed by atoms with Crippen LogP contribution in [0.5, 0.6) is 5.75 Å². The Hall–Kier alpha value is -3.68. The fourth-order valence-corrected chi connectivity index (χ4v) is 4.56. The van der Waals surface area contributed by atoms with Gasteiger partial charge in [-0.1, -0.05) is 33.6 Å². The fraction of sp³-hybridized carbons (Fsp3) is 0.125. The minimum absolute atomic E-state index is 0.0517. The number of halogens is 1. The highest BCUT2D eigenvalue weighted by molar-refractivity contribution is 9.10. The summed E-state index contributed by atoms with van der Waals surface area (Å²) in [5.74, 6) is -0.0713. The van der Waals surface area contributed by atoms with Crippen LogP contribution in [0.3, 0.4) is 0 Å². The van der Waals surface area contributed by atoms with Crippen molar-refractivity contribution in [3.63, 3.8) is 0 Å². The SMILES string of the molecule is Cc1ccc(S(=O)(=O)N(CC(=O)N/N=C\c2ccc(OCC#N)cc2)c2ccc(Br)cc2)cc1. The van der Waals surface area contributed by atoms with Crippen LogP contribution in [0.4, 0.5) is 5.69 Å². The molecule has 1 N–H and O–H groups in total. The number of ether oxygens (including phenoxy) is 1. The van der Waals surface area contributed by atoms with E-state index in [2.05, 4.69) is 26.5 Å². The van der Waals surface area contributed by atoms with Gasteiger partial charge in [-0.05, 0) is 73.2 Å². The molecule has 0 radical (unpaired) electrons. The molecular weight excluding hydrogens is 520 g/mol. The van der Waals surface area contributed by atoms with Gasteiger partial charge in [0, 0.05) is 4.47 Å². The molecule has 0 atom stereocenters. The zero-order valence-corrected chi connectivity index (χ0v) is 20.6. The van der Waals surface area contributed by atoms with Gasteiger partial charge in [-0.25, -0.2) is 13.8 Å². The van der Waals surface area contributed by atoms with E-state index < -0.39 is 22.5 Å². The van der Waals surface area contributed by atoms with Gasteiger partial charge in [0.05, 0.1) is 16.8 Å². The summed E-state index contributed by atoms with van der Waals surface area (Å²) in [6.45, 7) is 1.35. The van der Waals surface area contributed by atoms with E-state index in [-0.39, 0.29) is 11.5 Å². The maximum absolute atomic E-state index is 13.3. The average molecular weight is 541 g/mol. The first kappa shape index (κ1) is 25.0. The molecule has 10 heteroatoms. The maximum atomic E-state index is 13.3. The van der Waals surface area contributed by atoms with Crippen LogP contribution in [0.25, 0.3) is 0 Å². The summed E-state index contributed by atoms with van der Waals surface area (Å²) in [6, 6.07) is 21.7. The van der Waals surface area contributed by atoms with Crippen molar-refractivity contribution in [1.82, 2.24) is 5.43 Å². The second-order valence-electron chi connectivity index (χ2n) is 7.11. The van der Waals surface area contributed by atoms with Gasteiger partial charge in [0.15, 0.2) is 6.61 Å². The molecule has 0 aliphatic heterocycles. The van der Waals surface area contributed by atoms with Crippen molar-refractivity contribution >= 4 is 43.8 Å². The topological polar surface area (TPSA) is 112 Å². The van der Waals surface area contributed by atoms with Crippen LogP contribution in [0.2, 0.25) is 0 Å². The van der Waals surface area contributed by atoms with Gasteiger partial charge < -0.3 is 4.74 Å². The van der Waals surface area contributed by atoms with Crippen molar-refractivity contribution in [2.75, 3.05) is 17.5 Å². The number of aryl methyl sites for hydroxylation is 1. The number of nitrogens with zero attached hydrogens (tertiary/aromatic N) is 3. The van der Waals surface area contributed by atoms with Crippen LogP contribution in [0.15, 0.2) is 87.3 Å². The van der Waals surface area contributed by atoms with Gasteiger partial charge in [-0.15, -0.1) is 0 Å². The lowest BCUT2D eigenvalue weighted by Gasteiger charge is -2.23. The Morgan fingerprint density at radius 3 is 2.35 bits per heavy atom. The highest BCUT2D eigenvalue weighted by atomic mass is 79.9. The summed E-state index contributed by atoms with van der Waals surface area (Å²) in [5.41, 5.74) is 4.31. The Balaban J connectivity index is 1.75. The number of carbonyl (C=O) groups excluding carboxylic acids is 1. The van der Waals surface area contributed by atoms with E-state index in [0.29, 0.717) is 17.0 Å². The molecule has 3 aromatic rings. The third kappa shape index (κ3) is 6.66. The highest BCUT2D eigenvalue weighted by Gasteiger charge is 2.27. The summed E-state index contributed by atoms with van der Waals surface area (Å²) < 4.78 is 33.7. The van der Waals surface area contributed by atoms with E-state index in [1.165, 1.54) is 18.3 Å². The first-order valence-corrected chi connectivity index (χ1v) is 12.3. The quantitative estimate of drug-likeness (QED) is 0.325. The lowest BCUT2D eigenvalue weighted by molar-refractivity contribution is -0.119. The monoisotopic (exact) mass is 540 g/mol. The molecule has 0 aliphatic rings. The van der Waals surface area contributed by atoms with Gasteiger partial charge in [0.1, 0.15) is 18.4 Å². The van der Waals surface area contributed by atoms with Gasteiger partial charge in [-0.2, -0.15) is 10.4 Å². The number of nitrogens with one attached hydrogen (secondary N) is 1. The predicted molar refractivity (Wildman–Crippen MR) is 133 cm³/mol. The molecule has 34 heavy (non-hydrogen) atoms. The predicted octanol–water partition coefficient (Wildman–Crippen LogP) is 4.01. The number of anilines is 1. The van der Waals surface area contributed by atoms with Crippen LogP contribution < -0.4 is 14.5 Å². The Kier molecular flexibility index (Phi) is 8.40. The van der Waals surface area contributed by atoms with E-state index in [4.69, 9.17) is 10.00 Å². The number of hydrogen-bond acceptors (Lipinski definition) is 6. The standard InChI is InChI=1S/C24H21BrN4O4S/c1-18-2-12-23(13-3-18)34(31,32)29(21-8-6-20(25)7-9-21)17-24(30)28-27-16-19-4-10-22(11-5-19)33-15-14-26/h2-13,16H,15,17H2,1H3,(H,28,30)/b27-16-. The van der Waals surface area contributed by atoms with Gasteiger partial charge in [0.25, 0.3) is 15.9 Å². The number of rotatable bonds is 9. The van der Waals surface area contributed by atoms with Crippen molar-refractivity contribution in [1.29, 1.82) is 5.26 Å². The minimum Gasteiger partial charge on any atom is -0.479 e. The molecule has 0 saturated carbocycles. The molecule has 0 unspecified atom stereocenters. The second kappa shape index (κ2) is 11.4. The van der Waals surface area contributed by atoms with E-state index in [9.17, 15) is 13.2 Å². The molecule has 3 aromatic carbocycles. The number of hydrogen-bond donors (Lipinski definition) is 1. The van der Waals surface area contributed by atoms with Crippen molar-refractivity contribution in [3.8, 4) is 11.8 Å². The van der Waals surface area contributed by atoms with Crippen molar-refractivity contribution < 1.29 is 17.9 Å². The van der Waals surface area contributed by atoms with Crippen molar-refractivity contribution in [2.45, 2.75) is 11.8 Å². The molecule has 0 saturated heterocycles. The van der Waals surface area contributed by atoms with E-state index in [1.54, 1.807) is 60.7 Å². The van der Waals surface area contributed by atoms with E-state index in [1.807, 2.05) is 13.0 Å². The number of hydrazone groups is 1. The molecule has 0 aliphatic carbocycles. The maximum Gasteiger partial charge on any atom is 0.264 e. The van der Waals surface area contributed by atoms with E-state index >= 15 is 0 Å². The number of carbonyl (C=O) groups is 1. The third-order valence-electron chi connectivity index (χ3n) is 4.60. The highest BCUT2D eigenvalue weighted by Crippen LogP contribution is 2.25. The van der Waals surface area contributed by atoms with Crippen LogP contribution in [-0.4, -0.2) is 33.7 Å². The molecule has 0 bridgehead atoms. The molecule has 1 amide bonds. The summed E-state index contributed by atoms with van der Waals surface area (Å²) >= 11 is 3.33. The lowest BCUT2D eigenvalue weighted by atomic mass is 10.2. The Morgan fingerprint density at radius 2 is 1.74 bits per heavy atom. The Labute approximate surface area is 206 Å². The molecule has 0 heterocycles. The van der Waals surface area contributed by atoms with Crippen LogP contribution >= 0.6 is 15.9 Å². The summed E-state index contributed by atoms with van der Waals surface area (Å²) in [4.78, 5) is 12.7. The molecule has 0 aromatic heterocycles. The van der Waals surface area contributed by atoms with Crippen LogP contribution in [-0.2, 0) is 14.8 Å². The first-order valence-electron chi connectivity index (χ1n) is 10.1. The Morgan fingerprint density at radius 1 is 1.09 bits per heavy atom. The summed E-state index contributed by atoms with van der Waals surface area (Å²) in [5, 5.41) is 12.5. The number of amides is 1. The normalized spacial score (nSPS) is 11.1. The number of nitriles is 1. The molecule has 3 rings (SSSR count). The Bertz CT molecular complexity index is 1300. The van der Waals surface area contributed by atoms with Crippen molar-refractivity contribution in [3.05, 3.63) is 88.4 Å². The van der Waals surface area contributed by atoms with E-state index in [0.717, 1.165) is 14.3 Å². The number of benzene rings is 3. The average Bonchev–Trinajstić information content (AvgIpc) is 2.83. The summed E-state index contributed by atoms with van der Waals surface area (Å²) in [7, 11) is -4.00. The van der Waals surface area contributed by atoms with Crippen LogP contribution in [0.1, 0.15) is 11.1 Å². The minimum atomic E-state index is -4.00. The lowest BCUT2D eigenvalue weighted by Crippen LogP contribution is -2.39. The van der Waals surface area contributed by atoms with Crippen LogP contribution in [0, 0.1) is 18.3 Å². The zero-order chi connectivity index (χ0) is 24.6. The fourth-order valence-electron chi connectivity index (χ4n) is 2.87. The second-order valence-corrected chi connectivity index (χ2v) is 9.89. The largest absolute Gasteiger partial charge is 0.479 e. The molecule has 174 valence electrons. The van der Waals surface area contributed by atoms with Crippen molar-refractivity contribution in [2.24, 2.45) is 5.10 Å². The summed E-state index contributed by atoms with van der Waals surface area (Å²) in [6.07, 6.45) is 1.42. The van der Waals surface area contributed by atoms with Gasteiger partial charge >= 0.3 is 0 Å². The zero-order valence-electron chi connectivity index (χ0n) is 18.2. The number of sulfonamides is 1.